The molecule has 0 N–H and O–H groups in total. The van der Waals surface area contributed by atoms with Gasteiger partial charge in [-0.1, -0.05) is 6.07 Å². The van der Waals surface area contributed by atoms with Crippen LogP contribution in [-0.2, 0) is 9.84 Å². The molecule has 0 aliphatic carbocycles. The van der Waals surface area contributed by atoms with E-state index in [0.29, 0.717) is 17.2 Å². The zero-order valence-corrected chi connectivity index (χ0v) is 19.7. The van der Waals surface area contributed by atoms with Crippen molar-refractivity contribution < 1.29 is 27.1 Å². The first-order chi connectivity index (χ1) is 15.8. The van der Waals surface area contributed by atoms with Gasteiger partial charge in [-0.2, -0.15) is 0 Å². The van der Waals surface area contributed by atoms with Gasteiger partial charge in [0.25, 0.3) is 0 Å². The molecular formula is C24H20FNO5S2. The molecule has 170 valence electrons. The number of allylic oxidation sites excluding steroid dienone is 1. The largest absolute Gasteiger partial charge is 0.493 e. The number of nitrogens with zero attached hydrogens (tertiary/aromatic N) is 1. The minimum atomic E-state index is -4.21. The predicted molar refractivity (Wildman–Crippen MR) is 126 cm³/mol. The number of sulfone groups is 1. The van der Waals surface area contributed by atoms with Crippen LogP contribution in [0.4, 0.5) is 15.8 Å². The van der Waals surface area contributed by atoms with Crippen LogP contribution in [0.3, 0.4) is 0 Å². The number of carbonyl (C=O) groups is 1. The number of rotatable bonds is 6. The Labute approximate surface area is 195 Å². The van der Waals surface area contributed by atoms with E-state index in [1.165, 1.54) is 61.3 Å². The number of thioether (sulfide) groups is 1. The Morgan fingerprint density at radius 2 is 1.73 bits per heavy atom. The summed E-state index contributed by atoms with van der Waals surface area (Å²) in [7, 11) is -1.33. The molecule has 0 amide bonds. The summed E-state index contributed by atoms with van der Waals surface area (Å²) in [6.07, 6.45) is 3.16. The Hall–Kier alpha value is -3.30. The van der Waals surface area contributed by atoms with Gasteiger partial charge in [0.2, 0.25) is 15.6 Å². The molecule has 9 heteroatoms. The fraction of sp³-hybridized carbons (Fsp3) is 0.125. The quantitative estimate of drug-likeness (QED) is 0.269. The lowest BCUT2D eigenvalue weighted by atomic mass is 10.1. The first kappa shape index (κ1) is 22.9. The summed E-state index contributed by atoms with van der Waals surface area (Å²) in [4.78, 5) is 15.3. The molecule has 0 radical (unpaired) electrons. The molecule has 0 aromatic heterocycles. The molecule has 1 heterocycles. The second-order valence-corrected chi connectivity index (χ2v) is 9.85. The van der Waals surface area contributed by atoms with Gasteiger partial charge in [0.1, 0.15) is 10.7 Å². The molecule has 6 nitrogen and oxygen atoms in total. The van der Waals surface area contributed by atoms with Crippen LogP contribution in [0.2, 0.25) is 0 Å². The minimum absolute atomic E-state index is 0.117. The summed E-state index contributed by atoms with van der Waals surface area (Å²) >= 11 is 1.51. The molecule has 0 atom stereocenters. The van der Waals surface area contributed by atoms with Crippen LogP contribution in [0.25, 0.3) is 0 Å². The monoisotopic (exact) mass is 485 g/mol. The number of benzene rings is 3. The van der Waals surface area contributed by atoms with Crippen LogP contribution in [0.15, 0.2) is 81.6 Å². The smallest absolute Gasteiger partial charge is 0.214 e. The molecule has 3 aromatic rings. The van der Waals surface area contributed by atoms with Crippen molar-refractivity contribution in [2.75, 3.05) is 25.4 Å². The van der Waals surface area contributed by atoms with Crippen molar-refractivity contribution in [3.8, 4) is 11.5 Å². The average molecular weight is 486 g/mol. The van der Waals surface area contributed by atoms with Gasteiger partial charge in [0, 0.05) is 22.3 Å². The Morgan fingerprint density at radius 1 is 0.970 bits per heavy atom. The van der Waals surface area contributed by atoms with Gasteiger partial charge in [0.05, 0.1) is 24.8 Å². The van der Waals surface area contributed by atoms with Gasteiger partial charge < -0.3 is 14.4 Å². The molecular weight excluding hydrogens is 465 g/mol. The van der Waals surface area contributed by atoms with Crippen LogP contribution in [-0.4, -0.2) is 34.7 Å². The van der Waals surface area contributed by atoms with Crippen molar-refractivity contribution in [1.82, 2.24) is 0 Å². The molecule has 0 fully saturated rings. The van der Waals surface area contributed by atoms with Gasteiger partial charge in [0.15, 0.2) is 11.5 Å². The molecule has 3 aromatic carbocycles. The number of methoxy groups -OCH3 is 2. The van der Waals surface area contributed by atoms with E-state index in [0.717, 1.165) is 17.0 Å². The highest BCUT2D eigenvalue weighted by Gasteiger charge is 2.36. The number of fused-ring (bicyclic) bond motifs is 1. The summed E-state index contributed by atoms with van der Waals surface area (Å²) in [5, 5.41) is 0. The zero-order chi connectivity index (χ0) is 23.8. The third-order valence-corrected chi connectivity index (χ3v) is 7.73. The fourth-order valence-corrected chi connectivity index (χ4v) is 5.53. The van der Waals surface area contributed by atoms with Crippen molar-refractivity contribution >= 4 is 38.8 Å². The zero-order valence-electron chi connectivity index (χ0n) is 18.0. The van der Waals surface area contributed by atoms with Crippen molar-refractivity contribution in [2.45, 2.75) is 9.79 Å². The number of hydrogen-bond acceptors (Lipinski definition) is 7. The van der Waals surface area contributed by atoms with Crippen molar-refractivity contribution in [1.29, 1.82) is 0 Å². The highest BCUT2D eigenvalue weighted by molar-refractivity contribution is 7.98. The lowest BCUT2D eigenvalue weighted by Gasteiger charge is -2.29. The number of Topliss-reactive ketones (excluding diaryl/α,β-unsaturated/α-hetero) is 1. The number of anilines is 2. The summed E-state index contributed by atoms with van der Waals surface area (Å²) < 4.78 is 51.4. The molecule has 33 heavy (non-hydrogen) atoms. The van der Waals surface area contributed by atoms with E-state index in [9.17, 15) is 17.6 Å². The highest BCUT2D eigenvalue weighted by Crippen LogP contribution is 2.42. The van der Waals surface area contributed by atoms with Crippen LogP contribution >= 0.6 is 11.8 Å². The SMILES string of the molecule is COc1ccc(C(=O)C2=CN(c3cccc(SC)c3)c3cc(F)ccc3S2(=O)=O)cc1OC. The van der Waals surface area contributed by atoms with E-state index in [-0.39, 0.29) is 16.1 Å². The van der Waals surface area contributed by atoms with Gasteiger partial charge >= 0.3 is 0 Å². The van der Waals surface area contributed by atoms with Gasteiger partial charge in [-0.3, -0.25) is 4.79 Å². The first-order valence-electron chi connectivity index (χ1n) is 9.76. The van der Waals surface area contributed by atoms with E-state index >= 15 is 0 Å². The lowest BCUT2D eigenvalue weighted by molar-refractivity contribution is 0.104. The normalized spacial score (nSPS) is 14.3. The Morgan fingerprint density at radius 3 is 2.42 bits per heavy atom. The molecule has 0 unspecified atom stereocenters. The topological polar surface area (TPSA) is 72.9 Å². The number of ketones is 1. The molecule has 0 bridgehead atoms. The van der Waals surface area contributed by atoms with Gasteiger partial charge in [-0.25, -0.2) is 12.8 Å². The number of ether oxygens (including phenoxy) is 2. The number of carbonyl (C=O) groups excluding carboxylic acids is 1. The van der Waals surface area contributed by atoms with Crippen LogP contribution < -0.4 is 14.4 Å². The van der Waals surface area contributed by atoms with E-state index < -0.39 is 26.3 Å². The van der Waals surface area contributed by atoms with Gasteiger partial charge in [-0.05, 0) is 60.9 Å². The molecule has 0 saturated heterocycles. The first-order valence-corrected chi connectivity index (χ1v) is 12.5. The fourth-order valence-electron chi connectivity index (χ4n) is 3.56. The summed E-state index contributed by atoms with van der Waals surface area (Å²) in [5.41, 5.74) is 0.851. The third-order valence-electron chi connectivity index (χ3n) is 5.21. The molecule has 4 rings (SSSR count). The maximum Gasteiger partial charge on any atom is 0.214 e. The Bertz CT molecular complexity index is 1390. The summed E-state index contributed by atoms with van der Waals surface area (Å²) in [6, 6.07) is 15.1. The number of halogens is 1. The van der Waals surface area contributed by atoms with E-state index in [1.807, 2.05) is 24.5 Å². The van der Waals surface area contributed by atoms with Crippen LogP contribution in [0.1, 0.15) is 10.4 Å². The van der Waals surface area contributed by atoms with E-state index in [2.05, 4.69) is 0 Å². The molecule has 0 saturated carbocycles. The summed E-state index contributed by atoms with van der Waals surface area (Å²) in [6.45, 7) is 0. The maximum atomic E-state index is 14.1. The molecule has 1 aliphatic heterocycles. The molecule has 0 spiro atoms. The second-order valence-electron chi connectivity index (χ2n) is 7.08. The Kier molecular flexibility index (Phi) is 6.18. The van der Waals surface area contributed by atoms with Crippen molar-refractivity contribution in [3.63, 3.8) is 0 Å². The molecule has 1 aliphatic rings. The van der Waals surface area contributed by atoms with Crippen molar-refractivity contribution in [2.24, 2.45) is 0 Å². The lowest BCUT2D eigenvalue weighted by Crippen LogP contribution is -2.26. The van der Waals surface area contributed by atoms with Crippen molar-refractivity contribution in [3.05, 3.63) is 83.1 Å². The highest BCUT2D eigenvalue weighted by atomic mass is 32.2. The Balaban J connectivity index is 1.91. The minimum Gasteiger partial charge on any atom is -0.493 e. The van der Waals surface area contributed by atoms with E-state index in [4.69, 9.17) is 9.47 Å². The average Bonchev–Trinajstić information content (AvgIpc) is 2.83. The second kappa shape index (κ2) is 8.92. The van der Waals surface area contributed by atoms with Gasteiger partial charge in [-0.15, -0.1) is 11.8 Å². The maximum absolute atomic E-state index is 14.1. The third kappa shape index (κ3) is 4.09. The van der Waals surface area contributed by atoms with Crippen LogP contribution in [0, 0.1) is 5.82 Å². The predicted octanol–water partition coefficient (Wildman–Crippen LogP) is 5.21. The van der Waals surface area contributed by atoms with Crippen LogP contribution in [0.5, 0.6) is 11.5 Å². The standard InChI is InChI=1S/C24H20FNO5S2/c1-30-20-9-7-15(11-21(20)31-2)24(27)23-14-26(17-5-4-6-18(13-17)32-3)19-12-16(25)8-10-22(19)33(23,28)29/h4-14H,1-3H3. The summed E-state index contributed by atoms with van der Waals surface area (Å²) in [5.74, 6) is -0.593. The van der Waals surface area contributed by atoms with E-state index in [1.54, 1.807) is 6.07 Å². The number of hydrogen-bond donors (Lipinski definition) is 0.